The van der Waals surface area contributed by atoms with Gasteiger partial charge in [-0.2, -0.15) is 13.2 Å². The highest BCUT2D eigenvalue weighted by Crippen LogP contribution is 2.36. The summed E-state index contributed by atoms with van der Waals surface area (Å²) >= 11 is 3.36. The van der Waals surface area contributed by atoms with Gasteiger partial charge in [0.05, 0.1) is 11.1 Å². The zero-order chi connectivity index (χ0) is 19.1. The second kappa shape index (κ2) is 7.08. The van der Waals surface area contributed by atoms with Crippen LogP contribution in [0.15, 0.2) is 39.7 Å². The van der Waals surface area contributed by atoms with Crippen molar-refractivity contribution in [2.24, 2.45) is 0 Å². The normalized spacial score (nSPS) is 18.9. The molecule has 0 saturated carbocycles. The summed E-state index contributed by atoms with van der Waals surface area (Å²) in [5.74, 6) is -0.567. The average Bonchev–Trinajstić information content (AvgIpc) is 2.56. The van der Waals surface area contributed by atoms with E-state index in [9.17, 15) is 23.1 Å². The Labute approximate surface area is 157 Å². The lowest BCUT2D eigenvalue weighted by Crippen LogP contribution is -2.37. The molecule has 1 fully saturated rings. The van der Waals surface area contributed by atoms with E-state index in [1.807, 2.05) is 7.05 Å². The highest BCUT2D eigenvalue weighted by molar-refractivity contribution is 9.10. The number of likely N-dealkylation sites (tertiary alicyclic amines) is 1. The van der Waals surface area contributed by atoms with E-state index < -0.39 is 17.5 Å². The monoisotopic (exact) mass is 430 g/mol. The quantitative estimate of drug-likeness (QED) is 0.773. The van der Waals surface area contributed by atoms with E-state index in [1.165, 1.54) is 6.07 Å². The van der Waals surface area contributed by atoms with Gasteiger partial charge in [-0.1, -0.05) is 0 Å². The van der Waals surface area contributed by atoms with Crippen LogP contribution in [0.25, 0.3) is 11.1 Å². The first-order chi connectivity index (χ1) is 12.2. The van der Waals surface area contributed by atoms with Crippen LogP contribution in [0.4, 0.5) is 13.2 Å². The van der Waals surface area contributed by atoms with E-state index in [1.54, 1.807) is 10.8 Å². The molecule has 0 amide bonds. The van der Waals surface area contributed by atoms with Gasteiger partial charge in [0, 0.05) is 28.8 Å². The van der Waals surface area contributed by atoms with Crippen molar-refractivity contribution in [3.05, 3.63) is 50.9 Å². The number of benzene rings is 1. The van der Waals surface area contributed by atoms with Crippen LogP contribution in [-0.2, 0) is 6.18 Å². The van der Waals surface area contributed by atoms with Gasteiger partial charge < -0.3 is 14.6 Å². The van der Waals surface area contributed by atoms with Gasteiger partial charge in [-0.15, -0.1) is 0 Å². The molecule has 1 atom stereocenters. The predicted molar refractivity (Wildman–Crippen MR) is 96.3 cm³/mol. The number of halogens is 4. The largest absolute Gasteiger partial charge is 0.507 e. The summed E-state index contributed by atoms with van der Waals surface area (Å²) in [7, 11) is 1.98. The van der Waals surface area contributed by atoms with Crippen LogP contribution in [0.1, 0.15) is 24.4 Å². The number of phenolic OH excluding ortho intramolecular Hbond substituents is 1. The summed E-state index contributed by atoms with van der Waals surface area (Å²) in [6.45, 7) is 1.68. The molecule has 0 aliphatic carbocycles. The van der Waals surface area contributed by atoms with Crippen molar-refractivity contribution >= 4 is 15.9 Å². The van der Waals surface area contributed by atoms with E-state index in [0.29, 0.717) is 10.5 Å². The van der Waals surface area contributed by atoms with Gasteiger partial charge in [-0.25, -0.2) is 0 Å². The Morgan fingerprint density at radius 2 is 1.96 bits per heavy atom. The zero-order valence-electron chi connectivity index (χ0n) is 14.1. The van der Waals surface area contributed by atoms with Gasteiger partial charge in [-0.3, -0.25) is 4.79 Å². The minimum atomic E-state index is -4.56. The second-order valence-corrected chi connectivity index (χ2v) is 7.49. The molecule has 0 radical (unpaired) electrons. The Balaban J connectivity index is 2.08. The van der Waals surface area contributed by atoms with Crippen molar-refractivity contribution in [2.45, 2.75) is 25.1 Å². The molecule has 4 nitrogen and oxygen atoms in total. The molecule has 1 N–H and O–H groups in total. The number of hydrogen-bond donors (Lipinski definition) is 1. The molecule has 0 bridgehead atoms. The third-order valence-corrected chi connectivity index (χ3v) is 5.05. The minimum absolute atomic E-state index is 0.0194. The van der Waals surface area contributed by atoms with Crippen molar-refractivity contribution in [3.63, 3.8) is 0 Å². The summed E-state index contributed by atoms with van der Waals surface area (Å²) in [5, 5.41) is 10.1. The van der Waals surface area contributed by atoms with E-state index in [-0.39, 0.29) is 22.7 Å². The van der Waals surface area contributed by atoms with E-state index in [2.05, 4.69) is 20.8 Å². The molecule has 8 heteroatoms. The van der Waals surface area contributed by atoms with Gasteiger partial charge in [-0.05, 0) is 66.6 Å². The third-order valence-electron chi connectivity index (χ3n) is 4.62. The molecule has 1 aromatic heterocycles. The summed E-state index contributed by atoms with van der Waals surface area (Å²) in [4.78, 5) is 15.1. The molecule has 140 valence electrons. The smallest absolute Gasteiger partial charge is 0.416 e. The Hall–Kier alpha value is -1.80. The number of rotatable bonds is 2. The van der Waals surface area contributed by atoms with Crippen molar-refractivity contribution in [1.29, 1.82) is 0 Å². The zero-order valence-corrected chi connectivity index (χ0v) is 15.6. The Morgan fingerprint density at radius 1 is 1.23 bits per heavy atom. The van der Waals surface area contributed by atoms with Crippen LogP contribution < -0.4 is 5.56 Å². The molecule has 1 aliphatic rings. The number of alkyl halides is 3. The number of hydrogen-bond acceptors (Lipinski definition) is 3. The third kappa shape index (κ3) is 3.81. The van der Waals surface area contributed by atoms with Crippen molar-refractivity contribution in [2.75, 3.05) is 20.1 Å². The van der Waals surface area contributed by atoms with Crippen molar-refractivity contribution < 1.29 is 18.3 Å². The van der Waals surface area contributed by atoms with Gasteiger partial charge in [0.2, 0.25) is 0 Å². The fourth-order valence-electron chi connectivity index (χ4n) is 3.33. The molecule has 1 unspecified atom stereocenters. The summed E-state index contributed by atoms with van der Waals surface area (Å²) in [6.07, 6.45) is -1.06. The maximum absolute atomic E-state index is 13.0. The maximum atomic E-state index is 13.0. The van der Waals surface area contributed by atoms with Crippen LogP contribution in [0.2, 0.25) is 0 Å². The molecule has 2 aromatic rings. The van der Waals surface area contributed by atoms with Crippen LogP contribution in [0.3, 0.4) is 0 Å². The molecule has 3 rings (SSSR count). The second-order valence-electron chi connectivity index (χ2n) is 6.57. The van der Waals surface area contributed by atoms with Crippen LogP contribution >= 0.6 is 15.9 Å². The molecule has 0 spiro atoms. The Bertz CT molecular complexity index is 880. The lowest BCUT2D eigenvalue weighted by Gasteiger charge is -2.31. The highest BCUT2D eigenvalue weighted by Gasteiger charge is 2.31. The standard InChI is InChI=1S/C18H18BrF3N2O2/c1-23-6-2-3-13(10-23)24-9-12(19)8-15(17(24)26)14-5-4-11(7-16(14)25)18(20,21)22/h4-5,7-9,13,25H,2-3,6,10H2,1H3. The average molecular weight is 431 g/mol. The van der Waals surface area contributed by atoms with Crippen LogP contribution in [0, 0.1) is 0 Å². The Morgan fingerprint density at radius 3 is 2.58 bits per heavy atom. The topological polar surface area (TPSA) is 45.5 Å². The lowest BCUT2D eigenvalue weighted by molar-refractivity contribution is -0.137. The molecular weight excluding hydrogens is 413 g/mol. The first-order valence-corrected chi connectivity index (χ1v) is 8.97. The first kappa shape index (κ1) is 19.0. The number of aromatic nitrogens is 1. The molecular formula is C18H18BrF3N2O2. The van der Waals surface area contributed by atoms with Gasteiger partial charge in [0.1, 0.15) is 5.75 Å². The fraction of sp³-hybridized carbons (Fsp3) is 0.389. The van der Waals surface area contributed by atoms with E-state index in [4.69, 9.17) is 0 Å². The minimum Gasteiger partial charge on any atom is -0.507 e. The summed E-state index contributed by atoms with van der Waals surface area (Å²) in [5.41, 5.74) is -1.03. The highest BCUT2D eigenvalue weighted by atomic mass is 79.9. The predicted octanol–water partition coefficient (Wildman–Crippen LogP) is 4.27. The summed E-state index contributed by atoms with van der Waals surface area (Å²) in [6, 6.07) is 4.16. The van der Waals surface area contributed by atoms with Crippen LogP contribution in [0.5, 0.6) is 5.75 Å². The summed E-state index contributed by atoms with van der Waals surface area (Å²) < 4.78 is 40.6. The van der Waals surface area contributed by atoms with Crippen molar-refractivity contribution in [1.82, 2.24) is 9.47 Å². The van der Waals surface area contributed by atoms with Crippen molar-refractivity contribution in [3.8, 4) is 16.9 Å². The molecule has 2 heterocycles. The number of likely N-dealkylation sites (N-methyl/N-ethyl adjacent to an activating group) is 1. The fourth-order valence-corrected chi connectivity index (χ4v) is 3.78. The lowest BCUT2D eigenvalue weighted by atomic mass is 10.0. The van der Waals surface area contributed by atoms with E-state index in [0.717, 1.165) is 38.1 Å². The molecule has 26 heavy (non-hydrogen) atoms. The van der Waals surface area contributed by atoms with Gasteiger partial charge in [0.25, 0.3) is 5.56 Å². The molecule has 1 aliphatic heterocycles. The van der Waals surface area contributed by atoms with Gasteiger partial charge >= 0.3 is 6.18 Å². The van der Waals surface area contributed by atoms with E-state index >= 15 is 0 Å². The SMILES string of the molecule is CN1CCCC(n2cc(Br)cc(-c3ccc(C(F)(F)F)cc3O)c2=O)C1. The molecule has 1 aromatic carbocycles. The number of aromatic hydroxyl groups is 1. The number of piperidine rings is 1. The number of nitrogens with zero attached hydrogens (tertiary/aromatic N) is 2. The number of phenols is 1. The first-order valence-electron chi connectivity index (χ1n) is 8.17. The number of pyridine rings is 1. The van der Waals surface area contributed by atoms with Gasteiger partial charge in [0.15, 0.2) is 0 Å². The Kier molecular flexibility index (Phi) is 5.16. The molecule has 1 saturated heterocycles. The maximum Gasteiger partial charge on any atom is 0.416 e. The van der Waals surface area contributed by atoms with Crippen LogP contribution in [-0.4, -0.2) is 34.7 Å².